The third-order valence-electron chi connectivity index (χ3n) is 2.49. The van der Waals surface area contributed by atoms with E-state index in [4.69, 9.17) is 10.6 Å². The normalized spacial score (nSPS) is 20.1. The average Bonchev–Trinajstić information content (AvgIpc) is 2.94. The molecule has 1 unspecified atom stereocenters. The number of hydrogen-bond donors (Lipinski definition) is 2. The van der Waals surface area contributed by atoms with E-state index in [1.54, 1.807) is 7.11 Å². The molecule has 4 heteroatoms. The quantitative estimate of drug-likeness (QED) is 0.216. The van der Waals surface area contributed by atoms with Crippen LogP contribution in [0.25, 0.3) is 0 Å². The zero-order valence-corrected chi connectivity index (χ0v) is 8.42. The number of rotatable bonds is 5. The van der Waals surface area contributed by atoms with Gasteiger partial charge in [-0.3, -0.25) is 4.99 Å². The van der Waals surface area contributed by atoms with E-state index < -0.39 is 0 Å². The minimum Gasteiger partial charge on any atom is -0.383 e. The molecule has 4 nitrogen and oxygen atoms in total. The maximum absolute atomic E-state index is 5.40. The summed E-state index contributed by atoms with van der Waals surface area (Å²) < 4.78 is 4.92. The largest absolute Gasteiger partial charge is 0.383 e. The minimum atomic E-state index is 0.474. The molecule has 1 fully saturated rings. The average molecular weight is 185 g/mol. The molecule has 0 bridgehead atoms. The summed E-state index contributed by atoms with van der Waals surface area (Å²) in [7, 11) is 1.68. The van der Waals surface area contributed by atoms with Crippen LogP contribution in [0.15, 0.2) is 4.99 Å². The number of amidine groups is 1. The number of nitrogens with two attached hydrogens (primary N) is 1. The molecule has 0 saturated heterocycles. The molecule has 1 rings (SSSR count). The number of ether oxygens (including phenoxy) is 1. The standard InChI is InChI=1S/C9H19N3O/c1-7(8-3-4-8)9(12-10)11-5-6-13-2/h7-8H,3-6,10H2,1-2H3,(H,11,12). The smallest absolute Gasteiger partial charge is 0.113 e. The van der Waals surface area contributed by atoms with Gasteiger partial charge in [0, 0.05) is 13.0 Å². The second-order valence-corrected chi connectivity index (χ2v) is 3.53. The molecule has 0 aromatic carbocycles. The Kier molecular flexibility index (Phi) is 4.18. The number of hydrazine groups is 1. The van der Waals surface area contributed by atoms with Crippen LogP contribution in [0, 0.1) is 11.8 Å². The number of nitrogens with zero attached hydrogens (tertiary/aromatic N) is 1. The summed E-state index contributed by atoms with van der Waals surface area (Å²) in [6, 6.07) is 0. The second kappa shape index (κ2) is 5.19. The Hall–Kier alpha value is -0.610. The van der Waals surface area contributed by atoms with Gasteiger partial charge in [0.05, 0.1) is 13.2 Å². The van der Waals surface area contributed by atoms with Crippen LogP contribution in [0.2, 0.25) is 0 Å². The Labute approximate surface area is 79.5 Å². The van der Waals surface area contributed by atoms with Crippen LogP contribution in [0.5, 0.6) is 0 Å². The first kappa shape index (κ1) is 10.5. The van der Waals surface area contributed by atoms with Crippen molar-refractivity contribution in [3.63, 3.8) is 0 Å². The molecule has 0 aliphatic heterocycles. The van der Waals surface area contributed by atoms with Crippen molar-refractivity contribution in [3.05, 3.63) is 0 Å². The van der Waals surface area contributed by atoms with Crippen molar-refractivity contribution in [2.75, 3.05) is 20.3 Å². The first-order valence-corrected chi connectivity index (χ1v) is 4.79. The predicted molar refractivity (Wildman–Crippen MR) is 53.4 cm³/mol. The number of methoxy groups -OCH3 is 1. The Morgan fingerprint density at radius 3 is 2.85 bits per heavy atom. The van der Waals surface area contributed by atoms with Crippen molar-refractivity contribution in [1.29, 1.82) is 0 Å². The van der Waals surface area contributed by atoms with Crippen molar-refractivity contribution < 1.29 is 4.74 Å². The molecule has 13 heavy (non-hydrogen) atoms. The summed E-state index contributed by atoms with van der Waals surface area (Å²) in [6.45, 7) is 3.51. The molecule has 0 amide bonds. The van der Waals surface area contributed by atoms with Crippen LogP contribution >= 0.6 is 0 Å². The van der Waals surface area contributed by atoms with Crippen molar-refractivity contribution in [2.45, 2.75) is 19.8 Å². The molecule has 0 spiro atoms. The molecule has 0 radical (unpaired) electrons. The van der Waals surface area contributed by atoms with Gasteiger partial charge in [0.1, 0.15) is 5.84 Å². The Morgan fingerprint density at radius 1 is 1.69 bits per heavy atom. The molecule has 1 aliphatic carbocycles. The van der Waals surface area contributed by atoms with Crippen LogP contribution in [-0.4, -0.2) is 26.1 Å². The Morgan fingerprint density at radius 2 is 2.38 bits per heavy atom. The van der Waals surface area contributed by atoms with Gasteiger partial charge in [0.25, 0.3) is 0 Å². The lowest BCUT2D eigenvalue weighted by Crippen LogP contribution is -2.36. The summed E-state index contributed by atoms with van der Waals surface area (Å²) in [5.74, 6) is 7.58. The summed E-state index contributed by atoms with van der Waals surface area (Å²) in [5, 5.41) is 0. The highest BCUT2D eigenvalue weighted by atomic mass is 16.5. The maximum Gasteiger partial charge on any atom is 0.113 e. The lowest BCUT2D eigenvalue weighted by Gasteiger charge is -2.12. The molecule has 1 aliphatic rings. The van der Waals surface area contributed by atoms with Crippen LogP contribution in [0.4, 0.5) is 0 Å². The van der Waals surface area contributed by atoms with Gasteiger partial charge in [-0.05, 0) is 18.8 Å². The molecule has 76 valence electrons. The molecule has 0 heterocycles. The minimum absolute atomic E-state index is 0.474. The second-order valence-electron chi connectivity index (χ2n) is 3.53. The van der Waals surface area contributed by atoms with Gasteiger partial charge in [0.15, 0.2) is 0 Å². The van der Waals surface area contributed by atoms with E-state index in [1.165, 1.54) is 12.8 Å². The van der Waals surface area contributed by atoms with Crippen LogP contribution in [-0.2, 0) is 4.74 Å². The maximum atomic E-state index is 5.40. The lowest BCUT2D eigenvalue weighted by molar-refractivity contribution is 0.207. The highest BCUT2D eigenvalue weighted by molar-refractivity contribution is 5.84. The SMILES string of the molecule is COCCN=C(NN)C(C)C1CC1. The first-order chi connectivity index (χ1) is 6.29. The fourth-order valence-corrected chi connectivity index (χ4v) is 1.40. The summed E-state index contributed by atoms with van der Waals surface area (Å²) in [5.41, 5.74) is 2.68. The zero-order valence-electron chi connectivity index (χ0n) is 8.42. The molecule has 1 saturated carbocycles. The van der Waals surface area contributed by atoms with E-state index in [-0.39, 0.29) is 0 Å². The molecule has 0 aromatic heterocycles. The van der Waals surface area contributed by atoms with Gasteiger partial charge in [-0.1, -0.05) is 6.92 Å². The molecule has 0 aromatic rings. The summed E-state index contributed by atoms with van der Waals surface area (Å²) >= 11 is 0. The van der Waals surface area contributed by atoms with Gasteiger partial charge < -0.3 is 10.2 Å². The van der Waals surface area contributed by atoms with Gasteiger partial charge in [0.2, 0.25) is 0 Å². The van der Waals surface area contributed by atoms with E-state index in [0.717, 1.165) is 11.8 Å². The summed E-state index contributed by atoms with van der Waals surface area (Å²) in [6.07, 6.45) is 2.62. The first-order valence-electron chi connectivity index (χ1n) is 4.79. The molecule has 1 atom stereocenters. The topological polar surface area (TPSA) is 59.6 Å². The summed E-state index contributed by atoms with van der Waals surface area (Å²) in [4.78, 5) is 4.35. The van der Waals surface area contributed by atoms with E-state index in [2.05, 4.69) is 17.3 Å². The van der Waals surface area contributed by atoms with Crippen molar-refractivity contribution in [2.24, 2.45) is 22.7 Å². The van der Waals surface area contributed by atoms with Gasteiger partial charge >= 0.3 is 0 Å². The molecular formula is C9H19N3O. The zero-order chi connectivity index (χ0) is 9.68. The Bertz CT molecular complexity index is 178. The lowest BCUT2D eigenvalue weighted by atomic mass is 10.1. The Balaban J connectivity index is 2.34. The van der Waals surface area contributed by atoms with Gasteiger partial charge in [-0.2, -0.15) is 0 Å². The van der Waals surface area contributed by atoms with E-state index >= 15 is 0 Å². The van der Waals surface area contributed by atoms with E-state index in [9.17, 15) is 0 Å². The highest BCUT2D eigenvalue weighted by Crippen LogP contribution is 2.36. The van der Waals surface area contributed by atoms with E-state index in [0.29, 0.717) is 19.1 Å². The van der Waals surface area contributed by atoms with Crippen molar-refractivity contribution >= 4 is 5.84 Å². The fraction of sp³-hybridized carbons (Fsp3) is 0.889. The van der Waals surface area contributed by atoms with Crippen molar-refractivity contribution in [1.82, 2.24) is 5.43 Å². The monoisotopic (exact) mass is 185 g/mol. The van der Waals surface area contributed by atoms with Crippen LogP contribution in [0.1, 0.15) is 19.8 Å². The van der Waals surface area contributed by atoms with E-state index in [1.807, 2.05) is 0 Å². The third kappa shape index (κ3) is 3.32. The highest BCUT2D eigenvalue weighted by Gasteiger charge is 2.30. The van der Waals surface area contributed by atoms with Crippen LogP contribution < -0.4 is 11.3 Å². The predicted octanol–water partition coefficient (Wildman–Crippen LogP) is 0.541. The van der Waals surface area contributed by atoms with Gasteiger partial charge in [-0.25, -0.2) is 5.84 Å². The van der Waals surface area contributed by atoms with Crippen molar-refractivity contribution in [3.8, 4) is 0 Å². The molecular weight excluding hydrogens is 166 g/mol. The number of nitrogens with one attached hydrogen (secondary N) is 1. The number of hydrogen-bond acceptors (Lipinski definition) is 3. The molecule has 3 N–H and O–H groups in total. The third-order valence-corrected chi connectivity index (χ3v) is 2.49. The number of aliphatic imine (C=N–C) groups is 1. The van der Waals surface area contributed by atoms with Gasteiger partial charge in [-0.15, -0.1) is 0 Å². The van der Waals surface area contributed by atoms with Crippen LogP contribution in [0.3, 0.4) is 0 Å². The fourth-order valence-electron chi connectivity index (χ4n) is 1.40.